The fourth-order valence-corrected chi connectivity index (χ4v) is 10.5. The maximum Gasteiger partial charge on any atom is 0.324 e. The summed E-state index contributed by atoms with van der Waals surface area (Å²) in [6.45, 7) is 14.9. The molecule has 2 amide bonds. The third-order valence-corrected chi connectivity index (χ3v) is 14.2. The first-order valence-electron chi connectivity index (χ1n) is 22.1. The van der Waals surface area contributed by atoms with Gasteiger partial charge in [0.15, 0.2) is 0 Å². The number of benzene rings is 1. The second-order valence-corrected chi connectivity index (χ2v) is 19.2. The maximum absolute atomic E-state index is 14.2. The van der Waals surface area contributed by atoms with E-state index in [1.807, 2.05) is 18.5 Å². The van der Waals surface area contributed by atoms with Crippen LogP contribution >= 0.6 is 11.3 Å². The molecule has 5 aliphatic rings. The molecule has 9 rings (SSSR count). The number of fused-ring (bicyclic) bond motifs is 7. The molecular formula is C46H57N9O6S. The number of cyclic esters (lactones) is 1. The van der Waals surface area contributed by atoms with Gasteiger partial charge >= 0.3 is 5.97 Å². The van der Waals surface area contributed by atoms with E-state index in [0.29, 0.717) is 49.8 Å². The largest absolute Gasteiger partial charge is 0.464 e. The van der Waals surface area contributed by atoms with Crippen LogP contribution in [0.25, 0.3) is 33.4 Å². The summed E-state index contributed by atoms with van der Waals surface area (Å²) in [5.41, 5.74) is 10.5. The molecule has 4 aliphatic heterocycles. The molecule has 3 saturated heterocycles. The van der Waals surface area contributed by atoms with Crippen molar-refractivity contribution in [2.45, 2.75) is 90.6 Å². The Hall–Kier alpha value is -4.92. The Labute approximate surface area is 366 Å². The number of rotatable bonds is 7. The molecule has 1 aromatic carbocycles. The van der Waals surface area contributed by atoms with Crippen LogP contribution < -0.4 is 15.6 Å². The maximum atomic E-state index is 14.2. The first-order valence-corrected chi connectivity index (χ1v) is 23.0. The molecule has 16 heteroatoms. The summed E-state index contributed by atoms with van der Waals surface area (Å²) < 4.78 is 20.4. The molecule has 328 valence electrons. The molecule has 6 bridgehead atoms. The Morgan fingerprint density at radius 1 is 1.19 bits per heavy atom. The number of pyridine rings is 1. The van der Waals surface area contributed by atoms with Gasteiger partial charge in [0.2, 0.25) is 5.91 Å². The lowest BCUT2D eigenvalue weighted by Crippen LogP contribution is -2.60. The summed E-state index contributed by atoms with van der Waals surface area (Å²) in [6.07, 6.45) is 4.03. The Morgan fingerprint density at radius 2 is 2.05 bits per heavy atom. The van der Waals surface area contributed by atoms with Crippen LogP contribution in [0.1, 0.15) is 69.3 Å². The van der Waals surface area contributed by atoms with Crippen LogP contribution in [0.4, 0.5) is 5.69 Å². The zero-order chi connectivity index (χ0) is 43.3. The lowest BCUT2D eigenvalue weighted by Gasteiger charge is -2.44. The lowest BCUT2D eigenvalue weighted by atomic mass is 9.84. The van der Waals surface area contributed by atoms with Gasteiger partial charge in [0, 0.05) is 85.6 Å². The van der Waals surface area contributed by atoms with Crippen LogP contribution in [0, 0.1) is 28.6 Å². The number of nitriles is 1. The predicted molar refractivity (Wildman–Crippen MR) is 235 cm³/mol. The molecule has 6 atom stereocenters. The van der Waals surface area contributed by atoms with Crippen molar-refractivity contribution in [3.05, 3.63) is 52.1 Å². The van der Waals surface area contributed by atoms with Gasteiger partial charge in [-0.2, -0.15) is 5.26 Å². The van der Waals surface area contributed by atoms with Crippen LogP contribution in [-0.2, 0) is 48.0 Å². The molecule has 3 aromatic heterocycles. The molecule has 1 aliphatic carbocycles. The van der Waals surface area contributed by atoms with Crippen molar-refractivity contribution in [1.29, 1.82) is 5.26 Å². The van der Waals surface area contributed by atoms with Gasteiger partial charge in [-0.3, -0.25) is 29.3 Å². The van der Waals surface area contributed by atoms with E-state index in [1.165, 1.54) is 16.3 Å². The number of anilines is 1. The molecule has 4 aromatic rings. The number of hydrazine groups is 1. The number of methoxy groups -OCH3 is 1. The van der Waals surface area contributed by atoms with E-state index in [1.54, 1.807) is 7.11 Å². The van der Waals surface area contributed by atoms with E-state index in [4.69, 9.17) is 24.2 Å². The minimum atomic E-state index is -0.940. The highest BCUT2D eigenvalue weighted by Gasteiger charge is 2.45. The summed E-state index contributed by atoms with van der Waals surface area (Å²) in [5.74, 6) is -1.88. The number of carbonyl (C=O) groups excluding carboxylic acids is 3. The average Bonchev–Trinajstić information content (AvgIpc) is 3.85. The number of amides is 2. The zero-order valence-electron chi connectivity index (χ0n) is 36.3. The predicted octanol–water partition coefficient (Wildman–Crippen LogP) is 4.88. The summed E-state index contributed by atoms with van der Waals surface area (Å²) in [7, 11) is 1.72. The Bertz CT molecular complexity index is 2410. The summed E-state index contributed by atoms with van der Waals surface area (Å²) >= 11 is 1.44. The van der Waals surface area contributed by atoms with Gasteiger partial charge in [-0.05, 0) is 63.3 Å². The van der Waals surface area contributed by atoms with Gasteiger partial charge in [0.05, 0.1) is 83.8 Å². The second-order valence-electron chi connectivity index (χ2n) is 18.3. The fourth-order valence-electron chi connectivity index (χ4n) is 9.66. The summed E-state index contributed by atoms with van der Waals surface area (Å²) in [4.78, 5) is 56.5. The van der Waals surface area contributed by atoms with Crippen molar-refractivity contribution in [3.63, 3.8) is 0 Å². The highest BCUT2D eigenvalue weighted by atomic mass is 32.1. The highest BCUT2D eigenvalue weighted by molar-refractivity contribution is 7.10. The van der Waals surface area contributed by atoms with Crippen LogP contribution in [-0.4, -0.2) is 120 Å². The number of carbonyl (C=O) groups is 3. The molecule has 0 radical (unpaired) electrons. The van der Waals surface area contributed by atoms with Crippen molar-refractivity contribution in [2.75, 3.05) is 64.6 Å². The molecular weight excluding hydrogens is 807 g/mol. The van der Waals surface area contributed by atoms with Crippen molar-refractivity contribution in [2.24, 2.45) is 17.3 Å². The van der Waals surface area contributed by atoms with Gasteiger partial charge in [-0.1, -0.05) is 19.9 Å². The van der Waals surface area contributed by atoms with E-state index in [-0.39, 0.29) is 36.9 Å². The normalized spacial score (nSPS) is 26.0. The molecule has 1 saturated carbocycles. The van der Waals surface area contributed by atoms with Gasteiger partial charge < -0.3 is 29.0 Å². The first-order chi connectivity index (χ1) is 29.9. The van der Waals surface area contributed by atoms with Crippen LogP contribution in [0.15, 0.2) is 35.8 Å². The molecule has 62 heavy (non-hydrogen) atoms. The fraction of sp³-hybridized carbons (Fsp3) is 0.565. The lowest BCUT2D eigenvalue weighted by molar-refractivity contribution is -0.155. The first kappa shape index (κ1) is 42.4. The zero-order valence-corrected chi connectivity index (χ0v) is 37.1. The third-order valence-electron chi connectivity index (χ3n) is 13.3. The molecule has 0 spiro atoms. The summed E-state index contributed by atoms with van der Waals surface area (Å²) in [5, 5.41) is 17.6. The van der Waals surface area contributed by atoms with E-state index < -0.39 is 29.4 Å². The van der Waals surface area contributed by atoms with Crippen LogP contribution in [0.5, 0.6) is 0 Å². The number of nitrogens with one attached hydrogen (secondary N) is 2. The molecule has 4 fully saturated rings. The Kier molecular flexibility index (Phi) is 11.8. The van der Waals surface area contributed by atoms with Crippen LogP contribution in [0.3, 0.4) is 0 Å². The second kappa shape index (κ2) is 17.3. The number of hydrogen-bond donors (Lipinski definition) is 2. The number of aromatic nitrogens is 3. The van der Waals surface area contributed by atoms with Crippen LogP contribution in [0.2, 0.25) is 0 Å². The summed E-state index contributed by atoms with van der Waals surface area (Å²) in [6, 6.07) is 9.60. The third kappa shape index (κ3) is 8.33. The molecule has 2 N–H and O–H groups in total. The van der Waals surface area contributed by atoms with Gasteiger partial charge in [-0.25, -0.2) is 10.4 Å². The van der Waals surface area contributed by atoms with Crippen molar-refractivity contribution >= 4 is 45.7 Å². The number of hydrogen-bond acceptors (Lipinski definition) is 13. The molecule has 1 unspecified atom stereocenters. The number of thiazole rings is 1. The Balaban J connectivity index is 1.15. The molecule has 15 nitrogen and oxygen atoms in total. The molecule has 7 heterocycles. The minimum Gasteiger partial charge on any atom is -0.464 e. The standard InChI is InChI=1S/C46H57N9O6S/c1-6-54-39-10-9-28-16-33(39)35(42(54)34-18-30(22-48-41(34)27(2)59-5)53-13-12-52-14-15-60-24-31(52)23-53)20-46(3,4)26-61-45(58)36-8-7-11-55(51-36)44(57)37(19-40-49-38(28)25-62-40)50-43(56)32-17-29(32)21-47/h9-10,16,18,22,25,27,29,31-32,36-37,51H,6-8,11-15,17,19-20,23-24,26H2,1-5H3,(H,50,56)/t27-,29?,31-,32+,36-,37-/m0/s1. The quantitative estimate of drug-likeness (QED) is 0.242. The van der Waals surface area contributed by atoms with Crippen molar-refractivity contribution in [1.82, 2.24) is 35.2 Å². The number of esters is 1. The van der Waals surface area contributed by atoms with Gasteiger partial charge in [-0.15, -0.1) is 11.3 Å². The highest BCUT2D eigenvalue weighted by Crippen LogP contribution is 2.43. The van der Waals surface area contributed by atoms with E-state index >= 15 is 0 Å². The van der Waals surface area contributed by atoms with E-state index in [0.717, 1.165) is 89.8 Å². The van der Waals surface area contributed by atoms with E-state index in [9.17, 15) is 19.6 Å². The van der Waals surface area contributed by atoms with Gasteiger partial charge in [0.1, 0.15) is 12.1 Å². The topological polar surface area (TPSA) is 167 Å². The SMILES string of the molecule is CCn1c(-c2cc(N3CCN4CCOC[C@@H]4C3)cnc2[C@H](C)OC)c2c3cc(ccc31)-c1csc(n1)C[C@H](NC(=O)[C@@H]1CC1C#N)C(=O)N1CCC[C@H](N1)C(=O)OCC(C)(C)C2. The van der Waals surface area contributed by atoms with E-state index in [2.05, 4.69) is 76.2 Å². The van der Waals surface area contributed by atoms with Gasteiger partial charge in [0.25, 0.3) is 5.91 Å². The monoisotopic (exact) mass is 863 g/mol. The number of morpholine rings is 1. The number of aryl methyl sites for hydroxylation is 1. The van der Waals surface area contributed by atoms with Crippen molar-refractivity contribution < 1.29 is 28.6 Å². The average molecular weight is 864 g/mol. The number of ether oxygens (including phenoxy) is 3. The smallest absolute Gasteiger partial charge is 0.324 e. The van der Waals surface area contributed by atoms with Crippen molar-refractivity contribution in [3.8, 4) is 28.6 Å². The minimum absolute atomic E-state index is 0.152. The Morgan fingerprint density at radius 3 is 2.84 bits per heavy atom. The number of nitrogens with zero attached hydrogens (tertiary/aromatic N) is 7. The number of piperazine rings is 1.